The summed E-state index contributed by atoms with van der Waals surface area (Å²) in [4.78, 5) is 2.56. The molecular formula is C25H35NO4. The molecule has 2 spiro atoms. The summed E-state index contributed by atoms with van der Waals surface area (Å²) in [6.07, 6.45) is 6.57. The molecule has 6 aliphatic rings. The summed E-state index contributed by atoms with van der Waals surface area (Å²) in [6.45, 7) is 5.19. The third-order valence-corrected chi connectivity index (χ3v) is 10.1. The van der Waals surface area contributed by atoms with Crippen molar-refractivity contribution in [3.05, 3.63) is 23.3 Å². The largest absolute Gasteiger partial charge is 0.504 e. The van der Waals surface area contributed by atoms with Crippen molar-refractivity contribution in [2.45, 2.75) is 87.6 Å². The minimum Gasteiger partial charge on any atom is -0.504 e. The van der Waals surface area contributed by atoms with Gasteiger partial charge in [0.05, 0.1) is 5.60 Å². The van der Waals surface area contributed by atoms with Crippen molar-refractivity contribution in [1.82, 2.24) is 4.90 Å². The number of piperidine rings is 1. The van der Waals surface area contributed by atoms with Gasteiger partial charge in [0.15, 0.2) is 11.5 Å². The number of ether oxygens (including phenoxy) is 2. The molecule has 4 fully saturated rings. The predicted molar refractivity (Wildman–Crippen MR) is 114 cm³/mol. The van der Waals surface area contributed by atoms with Gasteiger partial charge in [0, 0.05) is 35.5 Å². The lowest BCUT2D eigenvalue weighted by Gasteiger charge is -2.74. The van der Waals surface area contributed by atoms with Crippen LogP contribution in [0.1, 0.15) is 63.5 Å². The number of phenols is 1. The first kappa shape index (κ1) is 19.4. The van der Waals surface area contributed by atoms with Crippen LogP contribution < -0.4 is 4.74 Å². The van der Waals surface area contributed by atoms with E-state index < -0.39 is 11.2 Å². The number of methoxy groups -OCH3 is 1. The van der Waals surface area contributed by atoms with E-state index in [1.54, 1.807) is 0 Å². The van der Waals surface area contributed by atoms with Gasteiger partial charge >= 0.3 is 0 Å². The molecule has 3 saturated carbocycles. The number of benzene rings is 1. The lowest BCUT2D eigenvalue weighted by molar-refractivity contribution is -0.301. The van der Waals surface area contributed by atoms with Crippen LogP contribution in [0.4, 0.5) is 0 Å². The summed E-state index contributed by atoms with van der Waals surface area (Å²) in [5.41, 5.74) is 1.21. The molecule has 0 amide bonds. The second-order valence-electron chi connectivity index (χ2n) is 11.0. The van der Waals surface area contributed by atoms with Gasteiger partial charge in [0.1, 0.15) is 11.7 Å². The number of aliphatic hydroxyl groups is 1. The van der Waals surface area contributed by atoms with Crippen molar-refractivity contribution < 1.29 is 19.7 Å². The molecule has 4 aliphatic carbocycles. The molecule has 30 heavy (non-hydrogen) atoms. The molecule has 1 aromatic rings. The Morgan fingerprint density at radius 1 is 1.30 bits per heavy atom. The Bertz CT molecular complexity index is 915. The third kappa shape index (κ3) is 1.85. The van der Waals surface area contributed by atoms with Crippen LogP contribution in [0.5, 0.6) is 11.5 Å². The zero-order chi connectivity index (χ0) is 21.1. The quantitative estimate of drug-likeness (QED) is 0.792. The Morgan fingerprint density at radius 2 is 2.10 bits per heavy atom. The normalized spacial score (nSPS) is 45.0. The summed E-state index contributed by atoms with van der Waals surface area (Å²) >= 11 is 0. The standard InChI is InChI=1S/C25H35NO4/c1-5-8-22(2,28)17-14-23-9-10-25(17,29-4)21-24(23)11-12-26(3)18(23)13-15-6-7-16(27)20(30-21)19(15)24/h6-7,17-18,21,27-28H,5,8-14H2,1-4H3/t17-,18+,21-,22-,23-,24-,25+/m1/s1. The molecule has 7 atom stereocenters. The fourth-order valence-corrected chi connectivity index (χ4v) is 9.09. The molecule has 5 heteroatoms. The van der Waals surface area contributed by atoms with Gasteiger partial charge in [0.2, 0.25) is 0 Å². The molecule has 2 N–H and O–H groups in total. The first-order valence-electron chi connectivity index (χ1n) is 11.8. The smallest absolute Gasteiger partial charge is 0.165 e. The Hall–Kier alpha value is -1.30. The van der Waals surface area contributed by atoms with Crippen LogP contribution in [0.15, 0.2) is 12.1 Å². The van der Waals surface area contributed by atoms with Crippen molar-refractivity contribution >= 4 is 0 Å². The lowest BCUT2D eigenvalue weighted by Crippen LogP contribution is -2.82. The molecule has 0 unspecified atom stereocenters. The molecule has 0 radical (unpaired) electrons. The maximum absolute atomic E-state index is 11.7. The highest BCUT2D eigenvalue weighted by Gasteiger charge is 2.81. The van der Waals surface area contributed by atoms with Crippen molar-refractivity contribution in [2.75, 3.05) is 20.7 Å². The minimum absolute atomic E-state index is 0.0221. The molecule has 5 nitrogen and oxygen atoms in total. The Kier molecular flexibility index (Phi) is 3.70. The van der Waals surface area contributed by atoms with E-state index in [0.717, 1.165) is 51.5 Å². The predicted octanol–water partition coefficient (Wildman–Crippen LogP) is 3.39. The fraction of sp³-hybridized carbons (Fsp3) is 0.760. The maximum Gasteiger partial charge on any atom is 0.165 e. The van der Waals surface area contributed by atoms with Crippen LogP contribution in [0.25, 0.3) is 0 Å². The molecule has 4 bridgehead atoms. The number of rotatable bonds is 4. The third-order valence-electron chi connectivity index (χ3n) is 10.1. The van der Waals surface area contributed by atoms with E-state index in [4.69, 9.17) is 9.47 Å². The van der Waals surface area contributed by atoms with E-state index >= 15 is 0 Å². The summed E-state index contributed by atoms with van der Waals surface area (Å²) in [5.74, 6) is 0.977. The molecule has 164 valence electrons. The zero-order valence-electron chi connectivity index (χ0n) is 18.7. The Labute approximate surface area is 179 Å². The highest BCUT2D eigenvalue weighted by molar-refractivity contribution is 5.63. The molecule has 1 saturated heterocycles. The fourth-order valence-electron chi connectivity index (χ4n) is 9.09. The Balaban J connectivity index is 1.64. The molecule has 1 aromatic carbocycles. The lowest BCUT2D eigenvalue weighted by atomic mass is 9.33. The molecule has 7 rings (SSSR count). The van der Waals surface area contributed by atoms with Gasteiger partial charge in [-0.1, -0.05) is 19.4 Å². The SMILES string of the molecule is CCC[C@@](C)(O)[C@H]1C[C@@]23CC[C@@]1(OC)[C@@H]1Oc4c(O)ccc5c4[C@]12CCN(C)[C@H]3C5. The van der Waals surface area contributed by atoms with Crippen LogP contribution in [-0.2, 0) is 16.6 Å². The molecule has 2 aliphatic heterocycles. The second-order valence-corrected chi connectivity index (χ2v) is 11.0. The van der Waals surface area contributed by atoms with Gasteiger partial charge in [-0.2, -0.15) is 0 Å². The van der Waals surface area contributed by atoms with Crippen molar-refractivity contribution in [1.29, 1.82) is 0 Å². The first-order valence-corrected chi connectivity index (χ1v) is 11.8. The van der Waals surface area contributed by atoms with Crippen molar-refractivity contribution in [3.8, 4) is 11.5 Å². The summed E-state index contributed by atoms with van der Waals surface area (Å²) in [7, 11) is 4.09. The van der Waals surface area contributed by atoms with E-state index in [2.05, 4.69) is 24.9 Å². The highest BCUT2D eigenvalue weighted by atomic mass is 16.6. The maximum atomic E-state index is 11.7. The number of likely N-dealkylation sites (tertiary alicyclic amines) is 1. The van der Waals surface area contributed by atoms with Gasteiger partial charge in [-0.25, -0.2) is 0 Å². The highest BCUT2D eigenvalue weighted by Crippen LogP contribution is 2.77. The second kappa shape index (κ2) is 5.73. The van der Waals surface area contributed by atoms with E-state index in [1.165, 1.54) is 11.1 Å². The summed E-state index contributed by atoms with van der Waals surface area (Å²) < 4.78 is 13.2. The molecule has 0 aromatic heterocycles. The molecular weight excluding hydrogens is 378 g/mol. The topological polar surface area (TPSA) is 62.2 Å². The average molecular weight is 414 g/mol. The van der Waals surface area contributed by atoms with Crippen molar-refractivity contribution in [3.63, 3.8) is 0 Å². The van der Waals surface area contributed by atoms with Gasteiger partial charge in [0.25, 0.3) is 0 Å². The van der Waals surface area contributed by atoms with Crippen LogP contribution in [-0.4, -0.2) is 59.2 Å². The van der Waals surface area contributed by atoms with Gasteiger partial charge in [-0.05, 0) is 70.7 Å². The number of fused-ring (bicyclic) bond motifs is 2. The van der Waals surface area contributed by atoms with E-state index in [1.807, 2.05) is 20.1 Å². The van der Waals surface area contributed by atoms with Gasteiger partial charge < -0.3 is 24.6 Å². The number of phenolic OH excluding ortho intramolecular Hbond substituents is 1. The number of likely N-dealkylation sites (N-methyl/N-ethyl adjacent to an activating group) is 1. The van der Waals surface area contributed by atoms with E-state index in [9.17, 15) is 10.2 Å². The van der Waals surface area contributed by atoms with Crippen molar-refractivity contribution in [2.24, 2.45) is 11.3 Å². The average Bonchev–Trinajstić information content (AvgIpc) is 3.09. The first-order chi connectivity index (χ1) is 14.3. The van der Waals surface area contributed by atoms with Gasteiger partial charge in [-0.15, -0.1) is 0 Å². The summed E-state index contributed by atoms with van der Waals surface area (Å²) in [5, 5.41) is 22.5. The number of nitrogens with zero attached hydrogens (tertiary/aromatic N) is 1. The monoisotopic (exact) mass is 413 g/mol. The number of aromatic hydroxyl groups is 1. The number of hydrogen-bond donors (Lipinski definition) is 2. The van der Waals surface area contributed by atoms with Crippen LogP contribution >= 0.6 is 0 Å². The Morgan fingerprint density at radius 3 is 2.83 bits per heavy atom. The van der Waals surface area contributed by atoms with E-state index in [-0.39, 0.29) is 28.6 Å². The van der Waals surface area contributed by atoms with Crippen LogP contribution in [0.3, 0.4) is 0 Å². The minimum atomic E-state index is -0.798. The zero-order valence-corrected chi connectivity index (χ0v) is 18.7. The van der Waals surface area contributed by atoms with Crippen LogP contribution in [0, 0.1) is 11.3 Å². The van der Waals surface area contributed by atoms with Gasteiger partial charge in [-0.3, -0.25) is 0 Å². The molecule has 2 heterocycles. The number of hydrogen-bond acceptors (Lipinski definition) is 5. The van der Waals surface area contributed by atoms with E-state index in [0.29, 0.717) is 11.8 Å². The summed E-state index contributed by atoms with van der Waals surface area (Å²) in [6, 6.07) is 4.37. The van der Waals surface area contributed by atoms with Crippen LogP contribution in [0.2, 0.25) is 0 Å².